The maximum atomic E-state index is 12.5. The van der Waals surface area contributed by atoms with Gasteiger partial charge in [-0.25, -0.2) is 0 Å². The van der Waals surface area contributed by atoms with Crippen LogP contribution in [0.3, 0.4) is 0 Å². The van der Waals surface area contributed by atoms with Crippen molar-refractivity contribution < 1.29 is 22.1 Å². The van der Waals surface area contributed by atoms with Crippen molar-refractivity contribution in [1.82, 2.24) is 0 Å². The van der Waals surface area contributed by atoms with E-state index >= 15 is 0 Å². The molecule has 0 aromatic rings. The Labute approximate surface area is 154 Å². The van der Waals surface area contributed by atoms with E-state index in [4.69, 9.17) is 8.92 Å². The van der Waals surface area contributed by atoms with Gasteiger partial charge in [-0.15, -0.1) is 27.3 Å². The van der Waals surface area contributed by atoms with Crippen LogP contribution >= 0.6 is 43.3 Å². The third-order valence-electron chi connectivity index (χ3n) is 5.06. The van der Waals surface area contributed by atoms with Crippen LogP contribution in [0, 0.1) is 11.8 Å². The summed E-state index contributed by atoms with van der Waals surface area (Å²) in [4.78, 5) is 12.5. The summed E-state index contributed by atoms with van der Waals surface area (Å²) in [7, 11) is -3.47. The first-order valence-electron chi connectivity index (χ1n) is 7.03. The zero-order valence-electron chi connectivity index (χ0n) is 12.1. The molecule has 7 atom stereocenters. The smallest absolute Gasteiger partial charge is 0.320 e. The van der Waals surface area contributed by atoms with Gasteiger partial charge in [-0.3, -0.25) is 8.98 Å². The number of ether oxygens (including phenoxy) is 1. The van der Waals surface area contributed by atoms with Gasteiger partial charge in [0.15, 0.2) is 0 Å². The summed E-state index contributed by atoms with van der Waals surface area (Å²) in [6.45, 7) is 5.77. The molecule has 2 saturated carbocycles. The third kappa shape index (κ3) is 2.52. The highest BCUT2D eigenvalue weighted by molar-refractivity contribution is 14.2. The lowest BCUT2D eigenvalue weighted by atomic mass is 9.94. The molecular formula is C14H18I2O5S. The number of alkyl halides is 2. The van der Waals surface area contributed by atoms with Gasteiger partial charge in [0.25, 0.3) is 10.1 Å². The van der Waals surface area contributed by atoms with E-state index in [9.17, 15) is 13.2 Å². The quantitative estimate of drug-likeness (QED) is 0.172. The molecule has 1 heterocycles. The Bertz CT molecular complexity index is 623. The van der Waals surface area contributed by atoms with Gasteiger partial charge >= 0.3 is 5.97 Å². The third-order valence-corrected chi connectivity index (χ3v) is 12.5. The molecule has 2 aliphatic carbocycles. The van der Waals surface area contributed by atoms with Gasteiger partial charge < -0.3 is 4.74 Å². The molecule has 3 aliphatic rings. The molecule has 0 amide bonds. The Balaban J connectivity index is 1.74. The number of allylic oxidation sites excluding steroid dienone is 1. The molecule has 0 spiro atoms. The molecule has 1 saturated heterocycles. The van der Waals surface area contributed by atoms with E-state index < -0.39 is 48.3 Å². The first-order chi connectivity index (χ1) is 10.2. The monoisotopic (exact) mass is 552 g/mol. The van der Waals surface area contributed by atoms with Crippen molar-refractivity contribution in [3.63, 3.8) is 0 Å². The maximum absolute atomic E-state index is 12.5. The van der Waals surface area contributed by atoms with E-state index in [0.29, 0.717) is 6.42 Å². The molecule has 3 rings (SSSR count). The second-order valence-corrected chi connectivity index (χ2v) is 12.4. The Morgan fingerprint density at radius 3 is 2.82 bits per heavy atom. The van der Waals surface area contributed by atoms with Gasteiger partial charge in [-0.2, -0.15) is 8.42 Å². The molecule has 0 aromatic carbocycles. The highest BCUT2D eigenvalue weighted by Gasteiger charge is 2.65. The molecule has 7 unspecified atom stereocenters. The van der Waals surface area contributed by atoms with Crippen LogP contribution in [0.1, 0.15) is 19.8 Å². The SMILES string of the molecule is C=CC(C)(I=C)C(I)C(=O)OC1C2CC3C1OS(=O)(=O)C3C2. The summed E-state index contributed by atoms with van der Waals surface area (Å²) in [6.07, 6.45) is 2.19. The molecular weight excluding hydrogens is 534 g/mol. The summed E-state index contributed by atoms with van der Waals surface area (Å²) in [5.74, 6) is -0.214. The predicted octanol–water partition coefficient (Wildman–Crippen LogP) is 2.19. The minimum atomic E-state index is -3.47. The minimum Gasteiger partial charge on any atom is -0.458 e. The second-order valence-electron chi connectivity index (χ2n) is 6.24. The number of esters is 1. The standard InChI is InChI=1S/C14H18I2O5S/c1-4-14(2,16-3)12(15)13(17)20-10-7-5-8-9(6-7)22(18,19)21-11(8)10/h4,7-12H,1,3,5-6H2,2H3. The molecule has 124 valence electrons. The van der Waals surface area contributed by atoms with Crippen LogP contribution in [-0.4, -0.2) is 43.7 Å². The summed E-state index contributed by atoms with van der Waals surface area (Å²) in [6, 6.07) is 0. The van der Waals surface area contributed by atoms with Gasteiger partial charge in [0.2, 0.25) is 0 Å². The fourth-order valence-electron chi connectivity index (χ4n) is 3.69. The van der Waals surface area contributed by atoms with Crippen molar-refractivity contribution >= 4 is 63.9 Å². The van der Waals surface area contributed by atoms with Crippen molar-refractivity contribution in [3.05, 3.63) is 12.7 Å². The van der Waals surface area contributed by atoms with E-state index in [1.165, 1.54) is 0 Å². The van der Waals surface area contributed by atoms with E-state index in [1.807, 2.05) is 6.92 Å². The van der Waals surface area contributed by atoms with Crippen molar-refractivity contribution in [2.24, 2.45) is 11.8 Å². The molecule has 5 nitrogen and oxygen atoms in total. The average Bonchev–Trinajstić information content (AvgIpc) is 3.09. The van der Waals surface area contributed by atoms with E-state index in [-0.39, 0.29) is 25.2 Å². The summed E-state index contributed by atoms with van der Waals surface area (Å²) in [5.41, 5.74) is 0. The largest absolute Gasteiger partial charge is 0.458 e. The van der Waals surface area contributed by atoms with E-state index in [0.717, 1.165) is 6.42 Å². The fourth-order valence-corrected chi connectivity index (χ4v) is 8.05. The topological polar surface area (TPSA) is 69.7 Å². The van der Waals surface area contributed by atoms with Crippen molar-refractivity contribution in [2.45, 2.75) is 44.6 Å². The number of hydrogen-bond donors (Lipinski definition) is 0. The number of fused-ring (bicyclic) bond motifs is 1. The van der Waals surface area contributed by atoms with Crippen molar-refractivity contribution in [2.75, 3.05) is 0 Å². The Morgan fingerprint density at radius 2 is 2.23 bits per heavy atom. The number of carbonyl (C=O) groups excluding carboxylic acids is 1. The Kier molecular flexibility index (Phi) is 4.53. The Morgan fingerprint density at radius 1 is 1.55 bits per heavy atom. The van der Waals surface area contributed by atoms with Gasteiger partial charge in [-0.05, 0) is 19.8 Å². The van der Waals surface area contributed by atoms with Crippen LogP contribution in [0.2, 0.25) is 0 Å². The number of halogens is 2. The molecule has 3 fully saturated rings. The molecule has 0 radical (unpaired) electrons. The summed E-state index contributed by atoms with van der Waals surface area (Å²) < 4.78 is 38.0. The highest BCUT2D eigenvalue weighted by atomic mass is 127. The maximum Gasteiger partial charge on any atom is 0.320 e. The molecule has 8 heteroatoms. The lowest BCUT2D eigenvalue weighted by Gasteiger charge is -2.30. The van der Waals surface area contributed by atoms with Crippen LogP contribution in [-0.2, 0) is 23.8 Å². The Hall–Kier alpha value is 0.450. The van der Waals surface area contributed by atoms with Crippen LogP contribution < -0.4 is 0 Å². The number of carbonyl (C=O) groups is 1. The normalized spacial score (nSPS) is 41.8. The first-order valence-corrected chi connectivity index (χ1v) is 12.4. The van der Waals surface area contributed by atoms with Crippen molar-refractivity contribution in [1.29, 1.82) is 0 Å². The summed E-state index contributed by atoms with van der Waals surface area (Å²) >= 11 is 1.61. The van der Waals surface area contributed by atoms with Crippen molar-refractivity contribution in [3.8, 4) is 0 Å². The van der Waals surface area contributed by atoms with Gasteiger partial charge in [0.05, 0.1) is 8.67 Å². The first kappa shape index (κ1) is 17.3. The predicted molar refractivity (Wildman–Crippen MR) is 101 cm³/mol. The number of hydrogen-bond acceptors (Lipinski definition) is 5. The van der Waals surface area contributed by atoms with Gasteiger partial charge in [0, 0.05) is 11.8 Å². The van der Waals surface area contributed by atoms with Gasteiger partial charge in [0.1, 0.15) is 16.1 Å². The highest BCUT2D eigenvalue weighted by Crippen LogP contribution is 2.55. The number of rotatable bonds is 5. The average molecular weight is 552 g/mol. The van der Waals surface area contributed by atoms with Crippen LogP contribution in [0.15, 0.2) is 12.7 Å². The lowest BCUT2D eigenvalue weighted by Crippen LogP contribution is -2.42. The minimum absolute atomic E-state index is 0.00786. The molecule has 2 bridgehead atoms. The zero-order chi connectivity index (χ0) is 16.3. The summed E-state index contributed by atoms with van der Waals surface area (Å²) in [5, 5.41) is -0.392. The van der Waals surface area contributed by atoms with Crippen LogP contribution in [0.25, 0.3) is 0 Å². The molecule has 22 heavy (non-hydrogen) atoms. The van der Waals surface area contributed by atoms with E-state index in [2.05, 4.69) is 33.7 Å². The van der Waals surface area contributed by atoms with Crippen LogP contribution in [0.4, 0.5) is 0 Å². The zero-order valence-corrected chi connectivity index (χ0v) is 17.2. The molecule has 1 aliphatic heterocycles. The fraction of sp³-hybridized carbons (Fsp3) is 0.714. The van der Waals surface area contributed by atoms with Crippen LogP contribution in [0.5, 0.6) is 0 Å². The van der Waals surface area contributed by atoms with E-state index in [1.54, 1.807) is 6.08 Å². The molecule has 0 N–H and O–H groups in total. The van der Waals surface area contributed by atoms with Gasteiger partial charge in [-0.1, -0.05) is 33.2 Å². The lowest BCUT2D eigenvalue weighted by molar-refractivity contribution is -0.155. The second kappa shape index (κ2) is 5.76. The molecule has 0 aromatic heterocycles.